The van der Waals surface area contributed by atoms with Crippen molar-refractivity contribution in [3.8, 4) is 28.4 Å². The topological polar surface area (TPSA) is 69.7 Å². The fraction of sp³-hybridized carbons (Fsp3) is 0.200. The third kappa shape index (κ3) is 4.86. The van der Waals surface area contributed by atoms with E-state index in [-0.39, 0.29) is 12.0 Å². The van der Waals surface area contributed by atoms with Gasteiger partial charge in [0, 0.05) is 29.8 Å². The molecule has 1 atom stereocenters. The second-order valence-corrected chi connectivity index (χ2v) is 7.70. The lowest BCUT2D eigenvalue weighted by molar-refractivity contribution is -0.116. The molecule has 4 rings (SSSR count). The van der Waals surface area contributed by atoms with E-state index in [1.165, 1.54) is 6.08 Å². The van der Waals surface area contributed by atoms with Crippen molar-refractivity contribution in [3.05, 3.63) is 77.1 Å². The predicted octanol–water partition coefficient (Wildman–Crippen LogP) is 4.55. The first-order chi connectivity index (χ1) is 15.6. The normalized spacial score (nSPS) is 14.7. The Morgan fingerprint density at radius 3 is 2.84 bits per heavy atom. The molecule has 3 aromatic rings. The number of nitrogens with one attached hydrogen (secondary N) is 1. The van der Waals surface area contributed by atoms with Gasteiger partial charge in [0.1, 0.15) is 23.4 Å². The number of aromatic nitrogens is 1. The Balaban J connectivity index is 1.45. The summed E-state index contributed by atoms with van der Waals surface area (Å²) in [6.45, 7) is 0.369. The van der Waals surface area contributed by atoms with Crippen LogP contribution >= 0.6 is 11.6 Å². The van der Waals surface area contributed by atoms with Crippen molar-refractivity contribution in [2.45, 2.75) is 12.5 Å². The number of carbonyl (C=O) groups is 1. The van der Waals surface area contributed by atoms with Crippen molar-refractivity contribution in [2.75, 3.05) is 20.8 Å². The molecule has 0 saturated carbocycles. The van der Waals surface area contributed by atoms with E-state index in [1.54, 1.807) is 26.5 Å². The maximum atomic E-state index is 12.1. The Morgan fingerprint density at radius 2 is 2.09 bits per heavy atom. The summed E-state index contributed by atoms with van der Waals surface area (Å²) >= 11 is 6.54. The summed E-state index contributed by atoms with van der Waals surface area (Å²) in [4.78, 5) is 16.3. The number of fused-ring (bicyclic) bond motifs is 1. The third-order valence-corrected chi connectivity index (χ3v) is 5.45. The minimum atomic E-state index is -0.205. The van der Waals surface area contributed by atoms with Gasteiger partial charge >= 0.3 is 0 Å². The highest BCUT2D eigenvalue weighted by Gasteiger charge is 2.26. The maximum absolute atomic E-state index is 12.1. The van der Waals surface area contributed by atoms with Crippen LogP contribution < -0.4 is 19.5 Å². The number of pyridine rings is 1. The molecule has 1 aliphatic rings. The Bertz CT molecular complexity index is 1150. The number of ether oxygens (including phenoxy) is 3. The van der Waals surface area contributed by atoms with Crippen molar-refractivity contribution >= 4 is 23.6 Å². The van der Waals surface area contributed by atoms with Gasteiger partial charge in [-0.15, -0.1) is 0 Å². The third-order valence-electron chi connectivity index (χ3n) is 5.17. The first-order valence-electron chi connectivity index (χ1n) is 10.2. The molecule has 7 heteroatoms. The van der Waals surface area contributed by atoms with Crippen LogP contribution in [0.4, 0.5) is 0 Å². The zero-order valence-electron chi connectivity index (χ0n) is 17.8. The van der Waals surface area contributed by atoms with Gasteiger partial charge in [-0.1, -0.05) is 17.7 Å². The number of rotatable bonds is 7. The van der Waals surface area contributed by atoms with Crippen molar-refractivity contribution in [1.82, 2.24) is 10.3 Å². The summed E-state index contributed by atoms with van der Waals surface area (Å²) in [7, 11) is 3.25. The molecule has 1 unspecified atom stereocenters. The van der Waals surface area contributed by atoms with Crippen LogP contribution in [0.2, 0.25) is 5.02 Å². The highest BCUT2D eigenvalue weighted by atomic mass is 35.5. The predicted molar refractivity (Wildman–Crippen MR) is 124 cm³/mol. The fourth-order valence-corrected chi connectivity index (χ4v) is 3.89. The average molecular weight is 451 g/mol. The minimum absolute atomic E-state index is 0.197. The van der Waals surface area contributed by atoms with Crippen molar-refractivity contribution in [2.24, 2.45) is 0 Å². The molecule has 0 spiro atoms. The smallest absolute Gasteiger partial charge is 0.244 e. The van der Waals surface area contributed by atoms with Crippen molar-refractivity contribution in [3.63, 3.8) is 0 Å². The number of methoxy groups -OCH3 is 2. The summed E-state index contributed by atoms with van der Waals surface area (Å²) in [6, 6.07) is 15.1. The number of amides is 1. The zero-order chi connectivity index (χ0) is 22.5. The molecule has 32 heavy (non-hydrogen) atoms. The Hall–Kier alpha value is -3.51. The van der Waals surface area contributed by atoms with E-state index in [0.29, 0.717) is 23.7 Å². The average Bonchev–Trinajstić information content (AvgIpc) is 3.25. The SMILES string of the molecule is COc1ccc(OC)c(-c2cc(Cl)c3c(c2)CC(CNC(=O)C=Cc2ccccn2)O3)c1. The molecule has 2 heterocycles. The summed E-state index contributed by atoms with van der Waals surface area (Å²) < 4.78 is 16.9. The first kappa shape index (κ1) is 21.7. The summed E-state index contributed by atoms with van der Waals surface area (Å²) in [5.74, 6) is 1.90. The van der Waals surface area contributed by atoms with Gasteiger partial charge in [-0.25, -0.2) is 0 Å². The lowest BCUT2D eigenvalue weighted by Crippen LogP contribution is -2.33. The molecular formula is C25H23ClN2O4. The number of halogens is 1. The van der Waals surface area contributed by atoms with Crippen LogP contribution in [0.3, 0.4) is 0 Å². The van der Waals surface area contributed by atoms with E-state index in [4.69, 9.17) is 25.8 Å². The summed E-state index contributed by atoms with van der Waals surface area (Å²) in [5, 5.41) is 3.39. The van der Waals surface area contributed by atoms with Gasteiger partial charge in [-0.3, -0.25) is 9.78 Å². The molecule has 6 nitrogen and oxygen atoms in total. The molecule has 1 aliphatic heterocycles. The van der Waals surface area contributed by atoms with Gasteiger partial charge in [-0.05, 0) is 54.1 Å². The molecular weight excluding hydrogens is 428 g/mol. The molecule has 0 fully saturated rings. The van der Waals surface area contributed by atoms with Crippen LogP contribution in [0.1, 0.15) is 11.3 Å². The van der Waals surface area contributed by atoms with Gasteiger partial charge in [0.15, 0.2) is 0 Å². The first-order valence-corrected chi connectivity index (χ1v) is 10.5. The second-order valence-electron chi connectivity index (χ2n) is 7.29. The molecule has 0 saturated heterocycles. The summed E-state index contributed by atoms with van der Waals surface area (Å²) in [6.07, 6.45) is 5.26. The van der Waals surface area contributed by atoms with Gasteiger partial charge in [0.05, 0.1) is 31.5 Å². The molecule has 1 aromatic heterocycles. The minimum Gasteiger partial charge on any atom is -0.497 e. The lowest BCUT2D eigenvalue weighted by atomic mass is 9.99. The monoisotopic (exact) mass is 450 g/mol. The molecule has 2 aromatic carbocycles. The van der Waals surface area contributed by atoms with Gasteiger partial charge < -0.3 is 19.5 Å². The molecule has 0 radical (unpaired) electrons. The molecule has 1 amide bonds. The van der Waals surface area contributed by atoms with Gasteiger partial charge in [0.2, 0.25) is 5.91 Å². The highest BCUT2D eigenvalue weighted by Crippen LogP contribution is 2.42. The van der Waals surface area contributed by atoms with Gasteiger partial charge in [-0.2, -0.15) is 0 Å². The quantitative estimate of drug-likeness (QED) is 0.535. The van der Waals surface area contributed by atoms with Gasteiger partial charge in [0.25, 0.3) is 0 Å². The van der Waals surface area contributed by atoms with Crippen molar-refractivity contribution < 1.29 is 19.0 Å². The standard InChI is InChI=1S/C25H23ClN2O4/c1-30-19-7-8-23(31-2)21(14-19)16-11-17-12-20(32-25(17)22(26)13-16)15-28-24(29)9-6-18-5-3-4-10-27-18/h3-11,13-14,20H,12,15H2,1-2H3,(H,28,29). The van der Waals surface area contributed by atoms with E-state index in [2.05, 4.69) is 10.3 Å². The van der Waals surface area contributed by atoms with Crippen LogP contribution in [0.5, 0.6) is 17.2 Å². The van der Waals surface area contributed by atoms with Crippen LogP contribution in [-0.4, -0.2) is 37.8 Å². The van der Waals surface area contributed by atoms with Crippen LogP contribution in [-0.2, 0) is 11.2 Å². The lowest BCUT2D eigenvalue weighted by Gasteiger charge is -2.13. The summed E-state index contributed by atoms with van der Waals surface area (Å²) in [5.41, 5.74) is 3.50. The second kappa shape index (κ2) is 9.75. The highest BCUT2D eigenvalue weighted by molar-refractivity contribution is 6.32. The van der Waals surface area contributed by atoms with Crippen LogP contribution in [0.25, 0.3) is 17.2 Å². The van der Waals surface area contributed by atoms with E-state index in [0.717, 1.165) is 33.9 Å². The number of carbonyl (C=O) groups excluding carboxylic acids is 1. The van der Waals surface area contributed by atoms with E-state index in [9.17, 15) is 4.79 Å². The van der Waals surface area contributed by atoms with E-state index < -0.39 is 0 Å². The van der Waals surface area contributed by atoms with Crippen LogP contribution in [0, 0.1) is 0 Å². The Labute approximate surface area is 191 Å². The number of benzene rings is 2. The maximum Gasteiger partial charge on any atom is 0.244 e. The Morgan fingerprint density at radius 1 is 1.22 bits per heavy atom. The van der Waals surface area contributed by atoms with Crippen LogP contribution in [0.15, 0.2) is 60.8 Å². The number of hydrogen-bond donors (Lipinski definition) is 1. The number of nitrogens with zero attached hydrogens (tertiary/aromatic N) is 1. The van der Waals surface area contributed by atoms with E-state index >= 15 is 0 Å². The number of hydrogen-bond acceptors (Lipinski definition) is 5. The largest absolute Gasteiger partial charge is 0.497 e. The molecule has 0 aliphatic carbocycles. The Kier molecular flexibility index (Phi) is 6.61. The molecule has 1 N–H and O–H groups in total. The van der Waals surface area contributed by atoms with Crippen molar-refractivity contribution in [1.29, 1.82) is 0 Å². The fourth-order valence-electron chi connectivity index (χ4n) is 3.61. The molecule has 164 valence electrons. The zero-order valence-corrected chi connectivity index (χ0v) is 18.6. The van der Waals surface area contributed by atoms with E-state index in [1.807, 2.05) is 48.5 Å². The molecule has 0 bridgehead atoms.